The van der Waals surface area contributed by atoms with Crippen LogP contribution in [0.2, 0.25) is 0 Å². The van der Waals surface area contributed by atoms with Gasteiger partial charge in [-0.25, -0.2) is 0 Å². The smallest absolute Gasteiger partial charge is 0.382 e. The number of nitrogens with one attached hydrogen (secondary N) is 1. The molecule has 110 valence electrons. The number of halogens is 3. The van der Waals surface area contributed by atoms with Crippen molar-refractivity contribution >= 4 is 0 Å². The first-order valence-electron chi connectivity index (χ1n) is 6.57. The topological polar surface area (TPSA) is 24.5 Å². The van der Waals surface area contributed by atoms with Gasteiger partial charge in [0.2, 0.25) is 0 Å². The van der Waals surface area contributed by atoms with Gasteiger partial charge in [0.25, 0.3) is 0 Å². The maximum Gasteiger partial charge on any atom is 0.401 e. The SMILES string of the molecule is CCCN(CCNCCCOCC)CC(F)(F)F. The Hall–Kier alpha value is -0.330. The second-order valence-corrected chi connectivity index (χ2v) is 4.19. The van der Waals surface area contributed by atoms with Crippen molar-refractivity contribution in [2.45, 2.75) is 32.9 Å². The lowest BCUT2D eigenvalue weighted by molar-refractivity contribution is -0.145. The van der Waals surface area contributed by atoms with Crippen molar-refractivity contribution in [1.82, 2.24) is 10.2 Å². The molecule has 0 aliphatic rings. The Kier molecular flexibility index (Phi) is 10.4. The molecule has 0 radical (unpaired) electrons. The fourth-order valence-electron chi connectivity index (χ4n) is 1.65. The van der Waals surface area contributed by atoms with Gasteiger partial charge in [-0.1, -0.05) is 6.92 Å². The summed E-state index contributed by atoms with van der Waals surface area (Å²) >= 11 is 0. The van der Waals surface area contributed by atoms with E-state index in [2.05, 4.69) is 5.32 Å². The van der Waals surface area contributed by atoms with Gasteiger partial charge in [-0.2, -0.15) is 13.2 Å². The molecule has 0 bridgehead atoms. The van der Waals surface area contributed by atoms with Crippen molar-refractivity contribution in [1.29, 1.82) is 0 Å². The third-order valence-corrected chi connectivity index (χ3v) is 2.39. The lowest BCUT2D eigenvalue weighted by Crippen LogP contribution is -2.39. The van der Waals surface area contributed by atoms with Crippen LogP contribution in [0.3, 0.4) is 0 Å². The first kappa shape index (κ1) is 17.7. The highest BCUT2D eigenvalue weighted by atomic mass is 19.4. The summed E-state index contributed by atoms with van der Waals surface area (Å²) in [5, 5.41) is 3.13. The molecule has 0 aromatic heterocycles. The molecule has 3 nitrogen and oxygen atoms in total. The van der Waals surface area contributed by atoms with E-state index in [1.54, 1.807) is 0 Å². The molecule has 0 fully saturated rings. The second-order valence-electron chi connectivity index (χ2n) is 4.19. The van der Waals surface area contributed by atoms with Crippen molar-refractivity contribution in [3.8, 4) is 0 Å². The van der Waals surface area contributed by atoms with Gasteiger partial charge in [0, 0.05) is 26.3 Å². The van der Waals surface area contributed by atoms with Crippen LogP contribution in [0.25, 0.3) is 0 Å². The molecular formula is C12H25F3N2O. The molecule has 0 amide bonds. The third kappa shape index (κ3) is 12.1. The van der Waals surface area contributed by atoms with E-state index in [0.717, 1.165) is 19.4 Å². The normalized spacial score (nSPS) is 12.3. The highest BCUT2D eigenvalue weighted by Gasteiger charge is 2.29. The summed E-state index contributed by atoms with van der Waals surface area (Å²) in [6, 6.07) is 0. The van der Waals surface area contributed by atoms with Crippen molar-refractivity contribution in [3.05, 3.63) is 0 Å². The largest absolute Gasteiger partial charge is 0.401 e. The van der Waals surface area contributed by atoms with Crippen molar-refractivity contribution in [2.24, 2.45) is 0 Å². The summed E-state index contributed by atoms with van der Waals surface area (Å²) in [6.07, 6.45) is -2.48. The number of nitrogens with zero attached hydrogens (tertiary/aromatic N) is 1. The molecule has 0 heterocycles. The molecule has 0 spiro atoms. The van der Waals surface area contributed by atoms with E-state index < -0.39 is 12.7 Å². The fraction of sp³-hybridized carbons (Fsp3) is 1.00. The van der Waals surface area contributed by atoms with Crippen LogP contribution in [-0.2, 0) is 4.74 Å². The minimum atomic E-state index is -4.11. The Morgan fingerprint density at radius 2 is 1.83 bits per heavy atom. The van der Waals surface area contributed by atoms with Gasteiger partial charge in [-0.3, -0.25) is 4.90 Å². The van der Waals surface area contributed by atoms with Crippen molar-refractivity contribution < 1.29 is 17.9 Å². The van der Waals surface area contributed by atoms with Crippen LogP contribution in [0, 0.1) is 0 Å². The highest BCUT2D eigenvalue weighted by Crippen LogP contribution is 2.16. The Morgan fingerprint density at radius 1 is 1.11 bits per heavy atom. The molecule has 0 atom stereocenters. The summed E-state index contributed by atoms with van der Waals surface area (Å²) in [7, 11) is 0. The standard InChI is InChI=1S/C12H25F3N2O/c1-3-8-17(11-12(13,14)15)9-7-16-6-5-10-18-4-2/h16H,3-11H2,1-2H3. The number of ether oxygens (including phenoxy) is 1. The Bertz CT molecular complexity index is 189. The number of alkyl halides is 3. The molecule has 0 unspecified atom stereocenters. The fourth-order valence-corrected chi connectivity index (χ4v) is 1.65. The minimum absolute atomic E-state index is 0.433. The molecule has 18 heavy (non-hydrogen) atoms. The van der Waals surface area contributed by atoms with E-state index >= 15 is 0 Å². The number of hydrogen-bond donors (Lipinski definition) is 1. The minimum Gasteiger partial charge on any atom is -0.382 e. The van der Waals surface area contributed by atoms with E-state index in [1.165, 1.54) is 4.90 Å². The van der Waals surface area contributed by atoms with Crippen LogP contribution < -0.4 is 5.32 Å². The van der Waals surface area contributed by atoms with Crippen LogP contribution in [0.4, 0.5) is 13.2 Å². The molecule has 0 saturated carbocycles. The van der Waals surface area contributed by atoms with Gasteiger partial charge in [-0.15, -0.1) is 0 Å². The molecule has 0 saturated heterocycles. The average Bonchev–Trinajstić information content (AvgIpc) is 2.26. The predicted octanol–water partition coefficient (Wildman–Crippen LogP) is 2.28. The second kappa shape index (κ2) is 10.6. The van der Waals surface area contributed by atoms with E-state index in [1.807, 2.05) is 13.8 Å². The first-order chi connectivity index (χ1) is 8.49. The summed E-state index contributed by atoms with van der Waals surface area (Å²) in [4.78, 5) is 1.44. The zero-order valence-electron chi connectivity index (χ0n) is 11.4. The zero-order valence-corrected chi connectivity index (χ0v) is 11.4. The molecule has 0 aliphatic carbocycles. The van der Waals surface area contributed by atoms with Crippen LogP contribution >= 0.6 is 0 Å². The molecule has 0 aromatic rings. The van der Waals surface area contributed by atoms with Gasteiger partial charge in [0.05, 0.1) is 6.54 Å². The summed E-state index contributed by atoms with van der Waals surface area (Å²) < 4.78 is 42.0. The van der Waals surface area contributed by atoms with Crippen LogP contribution in [0.1, 0.15) is 26.7 Å². The molecule has 0 aliphatic heterocycles. The van der Waals surface area contributed by atoms with Crippen LogP contribution in [0.15, 0.2) is 0 Å². The first-order valence-corrected chi connectivity index (χ1v) is 6.57. The molecule has 0 rings (SSSR count). The Labute approximate surface area is 108 Å². The summed E-state index contributed by atoms with van der Waals surface area (Å²) in [5.41, 5.74) is 0. The van der Waals surface area contributed by atoms with E-state index in [4.69, 9.17) is 4.74 Å². The summed E-state index contributed by atoms with van der Waals surface area (Å²) in [6.45, 7) is 6.70. The maximum absolute atomic E-state index is 12.3. The van der Waals surface area contributed by atoms with Crippen LogP contribution in [-0.4, -0.2) is 57.0 Å². The molecule has 1 N–H and O–H groups in total. The van der Waals surface area contributed by atoms with Gasteiger partial charge in [0.1, 0.15) is 0 Å². The Balaban J connectivity index is 3.58. The van der Waals surface area contributed by atoms with E-state index in [-0.39, 0.29) is 0 Å². The molecular weight excluding hydrogens is 245 g/mol. The van der Waals surface area contributed by atoms with Gasteiger partial charge >= 0.3 is 6.18 Å². The average molecular weight is 270 g/mol. The third-order valence-electron chi connectivity index (χ3n) is 2.39. The number of rotatable bonds is 11. The van der Waals surface area contributed by atoms with Crippen molar-refractivity contribution in [3.63, 3.8) is 0 Å². The van der Waals surface area contributed by atoms with E-state index in [0.29, 0.717) is 32.8 Å². The molecule has 6 heteroatoms. The quantitative estimate of drug-likeness (QED) is 0.583. The predicted molar refractivity (Wildman–Crippen MR) is 66.8 cm³/mol. The highest BCUT2D eigenvalue weighted by molar-refractivity contribution is 4.64. The molecule has 0 aromatic carbocycles. The monoisotopic (exact) mass is 270 g/mol. The van der Waals surface area contributed by atoms with Crippen molar-refractivity contribution in [2.75, 3.05) is 45.9 Å². The maximum atomic E-state index is 12.3. The number of hydrogen-bond acceptors (Lipinski definition) is 3. The zero-order chi connectivity index (χ0) is 13.9. The van der Waals surface area contributed by atoms with Gasteiger partial charge in [-0.05, 0) is 32.9 Å². The lowest BCUT2D eigenvalue weighted by Gasteiger charge is -2.23. The van der Waals surface area contributed by atoms with Crippen LogP contribution in [0.5, 0.6) is 0 Å². The lowest BCUT2D eigenvalue weighted by atomic mass is 10.3. The Morgan fingerprint density at radius 3 is 2.39 bits per heavy atom. The van der Waals surface area contributed by atoms with Gasteiger partial charge < -0.3 is 10.1 Å². The van der Waals surface area contributed by atoms with E-state index in [9.17, 15) is 13.2 Å². The van der Waals surface area contributed by atoms with Gasteiger partial charge in [0.15, 0.2) is 0 Å². The summed E-state index contributed by atoms with van der Waals surface area (Å²) in [5.74, 6) is 0.